The molecule has 0 saturated heterocycles. The molecule has 0 spiro atoms. The number of amides is 1. The van der Waals surface area contributed by atoms with E-state index in [0.29, 0.717) is 10.7 Å². The van der Waals surface area contributed by atoms with Gasteiger partial charge < -0.3 is 11.1 Å². The maximum absolute atomic E-state index is 11.9. The molecule has 0 fully saturated rings. The average Bonchev–Trinajstić information content (AvgIpc) is 2.23. The van der Waals surface area contributed by atoms with Crippen LogP contribution in [-0.2, 0) is 4.79 Å². The van der Waals surface area contributed by atoms with Crippen LogP contribution < -0.4 is 11.1 Å². The highest BCUT2D eigenvalue weighted by Crippen LogP contribution is 2.27. The van der Waals surface area contributed by atoms with Gasteiger partial charge in [-0.25, -0.2) is 0 Å². The Morgan fingerprint density at radius 1 is 1.56 bits per heavy atom. The Morgan fingerprint density at radius 2 is 2.19 bits per heavy atom. The van der Waals surface area contributed by atoms with Gasteiger partial charge in [0.05, 0.1) is 16.1 Å². The Morgan fingerprint density at radius 3 is 2.75 bits per heavy atom. The summed E-state index contributed by atoms with van der Waals surface area (Å²) in [5.74, 6) is -0.144. The van der Waals surface area contributed by atoms with Crippen LogP contribution in [-0.4, -0.2) is 12.5 Å². The fraction of sp³-hybridized carbons (Fsp3) is 0.364. The minimum Gasteiger partial charge on any atom is -0.329 e. The van der Waals surface area contributed by atoms with Gasteiger partial charge in [0, 0.05) is 11.0 Å². The Bertz CT molecular complexity index is 407. The zero-order chi connectivity index (χ0) is 12.3. The van der Waals surface area contributed by atoms with E-state index in [1.54, 1.807) is 26.0 Å². The molecule has 16 heavy (non-hydrogen) atoms. The highest BCUT2D eigenvalue weighted by molar-refractivity contribution is 9.10. The van der Waals surface area contributed by atoms with E-state index in [0.717, 1.165) is 4.47 Å². The molecule has 0 aliphatic rings. The molecule has 0 aromatic heterocycles. The molecule has 0 aliphatic carbocycles. The van der Waals surface area contributed by atoms with Crippen molar-refractivity contribution in [3.05, 3.63) is 27.7 Å². The first-order valence-electron chi connectivity index (χ1n) is 4.83. The van der Waals surface area contributed by atoms with Crippen LogP contribution in [0.3, 0.4) is 0 Å². The van der Waals surface area contributed by atoms with Gasteiger partial charge in [-0.1, -0.05) is 27.5 Å². The number of hydrogen-bond donors (Lipinski definition) is 2. The number of hydrogen-bond acceptors (Lipinski definition) is 2. The fourth-order valence-corrected chi connectivity index (χ4v) is 1.50. The molecule has 0 atom stereocenters. The third kappa shape index (κ3) is 3.20. The van der Waals surface area contributed by atoms with Crippen LogP contribution >= 0.6 is 27.5 Å². The van der Waals surface area contributed by atoms with Gasteiger partial charge in [-0.05, 0) is 32.0 Å². The highest BCUT2D eigenvalue weighted by Gasteiger charge is 2.26. The normalized spacial score (nSPS) is 11.3. The van der Waals surface area contributed by atoms with Crippen molar-refractivity contribution < 1.29 is 4.79 Å². The second-order valence-corrected chi connectivity index (χ2v) is 5.49. The Hall–Kier alpha value is -0.580. The summed E-state index contributed by atoms with van der Waals surface area (Å²) in [6.45, 7) is 3.85. The summed E-state index contributed by atoms with van der Waals surface area (Å²) in [6.07, 6.45) is 0. The first-order valence-corrected chi connectivity index (χ1v) is 6.00. The lowest BCUT2D eigenvalue weighted by Gasteiger charge is -2.21. The second kappa shape index (κ2) is 5.17. The predicted octanol–water partition coefficient (Wildman–Crippen LogP) is 3.03. The SMILES string of the molecule is CC(C)(CN)C(=O)Nc1cc(Br)ccc1Cl. The zero-order valence-electron chi connectivity index (χ0n) is 9.18. The van der Waals surface area contributed by atoms with E-state index in [1.165, 1.54) is 0 Å². The van der Waals surface area contributed by atoms with Gasteiger partial charge in [-0.3, -0.25) is 4.79 Å². The number of anilines is 1. The highest BCUT2D eigenvalue weighted by atomic mass is 79.9. The summed E-state index contributed by atoms with van der Waals surface area (Å²) >= 11 is 9.29. The molecular formula is C11H14BrClN2O. The molecular weight excluding hydrogens is 291 g/mol. The van der Waals surface area contributed by atoms with Gasteiger partial charge in [0.1, 0.15) is 0 Å². The molecule has 1 aromatic carbocycles. The van der Waals surface area contributed by atoms with Crippen molar-refractivity contribution in [1.82, 2.24) is 0 Å². The molecule has 0 aliphatic heterocycles. The smallest absolute Gasteiger partial charge is 0.231 e. The molecule has 0 heterocycles. The lowest BCUT2D eigenvalue weighted by atomic mass is 9.92. The molecule has 3 N–H and O–H groups in total. The first-order chi connectivity index (χ1) is 7.36. The Balaban J connectivity index is 2.89. The van der Waals surface area contributed by atoms with Gasteiger partial charge in [0.2, 0.25) is 5.91 Å². The Kier molecular flexibility index (Phi) is 4.35. The quantitative estimate of drug-likeness (QED) is 0.902. The van der Waals surface area contributed by atoms with E-state index in [2.05, 4.69) is 21.2 Å². The Labute approximate surface area is 108 Å². The molecule has 5 heteroatoms. The average molecular weight is 306 g/mol. The van der Waals surface area contributed by atoms with Gasteiger partial charge in [0.25, 0.3) is 0 Å². The molecule has 88 valence electrons. The van der Waals surface area contributed by atoms with Gasteiger partial charge in [0.15, 0.2) is 0 Å². The van der Waals surface area contributed by atoms with Crippen molar-refractivity contribution in [3.63, 3.8) is 0 Å². The van der Waals surface area contributed by atoms with Crippen LogP contribution in [0.1, 0.15) is 13.8 Å². The third-order valence-electron chi connectivity index (χ3n) is 2.30. The lowest BCUT2D eigenvalue weighted by Crippen LogP contribution is -2.37. The number of rotatable bonds is 3. The van der Waals surface area contributed by atoms with Crippen molar-refractivity contribution in [1.29, 1.82) is 0 Å². The standard InChI is InChI=1S/C11H14BrClN2O/c1-11(2,6-14)10(16)15-9-5-7(12)3-4-8(9)13/h3-5H,6,14H2,1-2H3,(H,15,16). The third-order valence-corrected chi connectivity index (χ3v) is 3.12. The van der Waals surface area contributed by atoms with E-state index in [1.807, 2.05) is 6.07 Å². The summed E-state index contributed by atoms with van der Waals surface area (Å²) in [7, 11) is 0. The van der Waals surface area contributed by atoms with E-state index in [-0.39, 0.29) is 12.5 Å². The fourth-order valence-electron chi connectivity index (χ4n) is 0.977. The number of nitrogens with one attached hydrogen (secondary N) is 1. The van der Waals surface area contributed by atoms with E-state index in [9.17, 15) is 4.79 Å². The summed E-state index contributed by atoms with van der Waals surface area (Å²) < 4.78 is 0.859. The van der Waals surface area contributed by atoms with Crippen LogP contribution in [0.2, 0.25) is 5.02 Å². The number of nitrogens with two attached hydrogens (primary N) is 1. The number of carbonyl (C=O) groups is 1. The monoisotopic (exact) mass is 304 g/mol. The summed E-state index contributed by atoms with van der Waals surface area (Å²) in [5.41, 5.74) is 5.51. The second-order valence-electron chi connectivity index (χ2n) is 4.17. The summed E-state index contributed by atoms with van der Waals surface area (Å²) in [6, 6.07) is 5.29. The minimum atomic E-state index is -0.606. The largest absolute Gasteiger partial charge is 0.329 e. The zero-order valence-corrected chi connectivity index (χ0v) is 11.5. The molecule has 1 rings (SSSR count). The van der Waals surface area contributed by atoms with Crippen molar-refractivity contribution in [2.75, 3.05) is 11.9 Å². The van der Waals surface area contributed by atoms with Crippen LogP contribution in [0, 0.1) is 5.41 Å². The molecule has 3 nitrogen and oxygen atoms in total. The minimum absolute atomic E-state index is 0.144. The van der Waals surface area contributed by atoms with Crippen LogP contribution in [0.25, 0.3) is 0 Å². The van der Waals surface area contributed by atoms with Gasteiger partial charge in [-0.15, -0.1) is 0 Å². The maximum Gasteiger partial charge on any atom is 0.231 e. The number of benzene rings is 1. The maximum atomic E-state index is 11.9. The summed E-state index contributed by atoms with van der Waals surface area (Å²) in [4.78, 5) is 11.9. The lowest BCUT2D eigenvalue weighted by molar-refractivity contribution is -0.123. The van der Waals surface area contributed by atoms with Crippen molar-refractivity contribution in [2.45, 2.75) is 13.8 Å². The molecule has 0 bridgehead atoms. The summed E-state index contributed by atoms with van der Waals surface area (Å²) in [5, 5.41) is 3.27. The van der Waals surface area contributed by atoms with E-state index in [4.69, 9.17) is 17.3 Å². The van der Waals surface area contributed by atoms with E-state index < -0.39 is 5.41 Å². The van der Waals surface area contributed by atoms with Gasteiger partial charge >= 0.3 is 0 Å². The first kappa shape index (κ1) is 13.5. The van der Waals surface area contributed by atoms with Crippen LogP contribution in [0.15, 0.2) is 22.7 Å². The molecule has 0 radical (unpaired) electrons. The van der Waals surface area contributed by atoms with Gasteiger partial charge in [-0.2, -0.15) is 0 Å². The van der Waals surface area contributed by atoms with Crippen molar-refractivity contribution >= 4 is 39.1 Å². The van der Waals surface area contributed by atoms with E-state index >= 15 is 0 Å². The van der Waals surface area contributed by atoms with Crippen LogP contribution in [0.5, 0.6) is 0 Å². The molecule has 0 unspecified atom stereocenters. The molecule has 1 amide bonds. The van der Waals surface area contributed by atoms with Crippen LogP contribution in [0.4, 0.5) is 5.69 Å². The van der Waals surface area contributed by atoms with Crippen molar-refractivity contribution in [2.24, 2.45) is 11.1 Å². The van der Waals surface area contributed by atoms with Crippen molar-refractivity contribution in [3.8, 4) is 0 Å². The molecule has 0 saturated carbocycles. The topological polar surface area (TPSA) is 55.1 Å². The predicted molar refractivity (Wildman–Crippen MR) is 70.6 cm³/mol. The number of carbonyl (C=O) groups excluding carboxylic acids is 1. The number of halogens is 2. The molecule has 1 aromatic rings.